The van der Waals surface area contributed by atoms with Crippen molar-refractivity contribution < 1.29 is 0 Å². The van der Waals surface area contributed by atoms with E-state index in [1.54, 1.807) is 0 Å². The Morgan fingerprint density at radius 1 is 0.386 bits per heavy atom. The molecular formula is C77H62IN3S2. The maximum Gasteiger partial charge on any atom is 0.0906 e. The molecule has 6 heteroatoms. The molecule has 0 saturated heterocycles. The summed E-state index contributed by atoms with van der Waals surface area (Å²) >= 11 is 6.39. The minimum atomic E-state index is -0.105. The fourth-order valence-electron chi connectivity index (χ4n) is 12.8. The maximum absolute atomic E-state index is 2.63. The summed E-state index contributed by atoms with van der Waals surface area (Å²) in [6.45, 7) is 16.3. The molecule has 0 aliphatic heterocycles. The molecule has 83 heavy (non-hydrogen) atoms. The van der Waals surface area contributed by atoms with Crippen LogP contribution in [0.2, 0.25) is 0 Å². The van der Waals surface area contributed by atoms with E-state index in [4.69, 9.17) is 0 Å². The van der Waals surface area contributed by atoms with Crippen molar-refractivity contribution in [3.8, 4) is 33.4 Å². The molecule has 0 unspecified atom stereocenters. The molecule has 0 saturated carbocycles. The van der Waals surface area contributed by atoms with Gasteiger partial charge in [-0.2, -0.15) is 0 Å². The predicted molar refractivity (Wildman–Crippen MR) is 368 cm³/mol. The minimum Gasteiger partial charge on any atom is -0.309 e. The van der Waals surface area contributed by atoms with Gasteiger partial charge in [-0.3, -0.25) is 0 Å². The van der Waals surface area contributed by atoms with Crippen molar-refractivity contribution in [2.45, 2.75) is 59.3 Å². The van der Waals surface area contributed by atoms with Crippen LogP contribution in [0.15, 0.2) is 249 Å². The van der Waals surface area contributed by atoms with Crippen molar-refractivity contribution in [3.05, 3.63) is 279 Å². The van der Waals surface area contributed by atoms with Crippen LogP contribution < -0.4 is 14.7 Å². The molecule has 0 atom stereocenters. The molecule has 1 aliphatic carbocycles. The number of rotatable bonds is 11. The Morgan fingerprint density at radius 3 is 1.60 bits per heavy atom. The van der Waals surface area contributed by atoms with Gasteiger partial charge in [0.25, 0.3) is 0 Å². The van der Waals surface area contributed by atoms with E-state index in [1.807, 2.05) is 22.7 Å². The number of fused-ring (bicyclic) bond motifs is 7. The number of thiophene rings is 2. The van der Waals surface area contributed by atoms with Crippen LogP contribution in [0.4, 0.5) is 51.2 Å². The maximum atomic E-state index is 2.63. The molecule has 404 valence electrons. The Labute approximate surface area is 509 Å². The predicted octanol–water partition coefficient (Wildman–Crippen LogP) is 23.8. The average molecular weight is 1220 g/mol. The first-order valence-electron chi connectivity index (χ1n) is 28.6. The van der Waals surface area contributed by atoms with E-state index in [0.29, 0.717) is 0 Å². The Bertz CT molecular complexity index is 4540. The Hall–Kier alpha value is -8.27. The van der Waals surface area contributed by atoms with Crippen LogP contribution in [-0.2, 0) is 10.8 Å². The second-order valence-electron chi connectivity index (χ2n) is 23.5. The number of nitrogens with zero attached hydrogens (tertiary/aromatic N) is 3. The van der Waals surface area contributed by atoms with Crippen molar-refractivity contribution >= 4 is 127 Å². The van der Waals surface area contributed by atoms with Crippen LogP contribution in [0.1, 0.15) is 62.4 Å². The topological polar surface area (TPSA) is 9.72 Å². The first kappa shape index (κ1) is 52.8. The second-order valence-corrected chi connectivity index (χ2v) is 27.4. The molecule has 0 bridgehead atoms. The minimum absolute atomic E-state index is 0.00792. The van der Waals surface area contributed by atoms with E-state index in [-0.39, 0.29) is 10.8 Å². The monoisotopic (exact) mass is 1220 g/mol. The largest absolute Gasteiger partial charge is 0.309 e. The van der Waals surface area contributed by atoms with Crippen molar-refractivity contribution in [2.75, 3.05) is 14.7 Å². The Balaban J connectivity index is 1.03. The molecule has 2 heterocycles. The van der Waals surface area contributed by atoms with Gasteiger partial charge in [0.15, 0.2) is 0 Å². The summed E-state index contributed by atoms with van der Waals surface area (Å²) in [5.74, 6) is 0. The molecule has 13 aromatic rings. The number of halogens is 1. The highest BCUT2D eigenvalue weighted by Crippen LogP contribution is 2.56. The van der Waals surface area contributed by atoms with E-state index in [1.165, 1.54) is 66.6 Å². The van der Waals surface area contributed by atoms with Gasteiger partial charge in [0.2, 0.25) is 0 Å². The summed E-state index contributed by atoms with van der Waals surface area (Å²) in [5, 5.41) is 3.76. The number of benzene rings is 11. The fourth-order valence-corrected chi connectivity index (χ4v) is 16.1. The lowest BCUT2D eigenvalue weighted by Crippen LogP contribution is -2.18. The molecule has 0 fully saturated rings. The van der Waals surface area contributed by atoms with E-state index < -0.39 is 0 Å². The molecule has 14 rings (SSSR count). The third-order valence-corrected chi connectivity index (χ3v) is 20.3. The molecular weight excluding hydrogens is 1160 g/mol. The van der Waals surface area contributed by atoms with Gasteiger partial charge in [-0.1, -0.05) is 204 Å². The lowest BCUT2D eigenvalue weighted by molar-refractivity contribution is 0.590. The third kappa shape index (κ3) is 9.05. The van der Waals surface area contributed by atoms with Crippen LogP contribution in [-0.4, -0.2) is 0 Å². The van der Waals surface area contributed by atoms with E-state index in [9.17, 15) is 0 Å². The SMILES string of the molecule is Cc1ccc(N(c2ccccc2-c2ccccc2)c2ccccc2-c2ccccc2)cc1N(c1cccc(N(c2ccc(C(C)(C)C)cc2)c2c(I)sc3cc4c(cc23)-c2ccccc2C4(C)C)c1C)c1cccc2sc3ccccc3c12. The van der Waals surface area contributed by atoms with Crippen LogP contribution in [0, 0.1) is 16.7 Å². The average Bonchev–Trinajstić information content (AvgIpc) is 3.55. The normalized spacial score (nSPS) is 12.7. The van der Waals surface area contributed by atoms with Crippen LogP contribution in [0.5, 0.6) is 0 Å². The first-order chi connectivity index (χ1) is 40.3. The van der Waals surface area contributed by atoms with Gasteiger partial charge >= 0.3 is 0 Å². The van der Waals surface area contributed by atoms with Gasteiger partial charge in [-0.05, 0) is 171 Å². The van der Waals surface area contributed by atoms with E-state index in [2.05, 4.69) is 334 Å². The molecule has 2 aromatic heterocycles. The zero-order valence-electron chi connectivity index (χ0n) is 47.7. The number of aryl methyl sites for hydroxylation is 1. The molecule has 11 aromatic carbocycles. The number of para-hydroxylation sites is 2. The van der Waals surface area contributed by atoms with E-state index in [0.717, 1.165) is 78.9 Å². The van der Waals surface area contributed by atoms with Gasteiger partial charge < -0.3 is 14.7 Å². The number of anilines is 9. The zero-order valence-corrected chi connectivity index (χ0v) is 51.5. The lowest BCUT2D eigenvalue weighted by atomic mass is 9.82. The van der Waals surface area contributed by atoms with Gasteiger partial charge in [-0.15, -0.1) is 22.7 Å². The van der Waals surface area contributed by atoms with Gasteiger partial charge in [0, 0.05) is 58.2 Å². The number of hydrogen-bond donors (Lipinski definition) is 0. The second kappa shape index (κ2) is 20.9. The fraction of sp³-hybridized carbons (Fsp3) is 0.117. The third-order valence-electron chi connectivity index (χ3n) is 17.1. The summed E-state index contributed by atoms with van der Waals surface area (Å²) in [6, 6.07) is 92.6. The first-order valence-corrected chi connectivity index (χ1v) is 31.3. The highest BCUT2D eigenvalue weighted by atomic mass is 127. The summed E-state index contributed by atoms with van der Waals surface area (Å²) in [6.07, 6.45) is 0. The Kier molecular flexibility index (Phi) is 13.3. The molecule has 0 amide bonds. The molecule has 0 N–H and O–H groups in total. The Morgan fingerprint density at radius 2 is 0.928 bits per heavy atom. The summed E-state index contributed by atoms with van der Waals surface area (Å²) in [4.78, 5) is 7.63. The van der Waals surface area contributed by atoms with Crippen LogP contribution in [0.3, 0.4) is 0 Å². The summed E-state index contributed by atoms with van der Waals surface area (Å²) in [5.41, 5.74) is 23.6. The van der Waals surface area contributed by atoms with Crippen molar-refractivity contribution in [3.63, 3.8) is 0 Å². The van der Waals surface area contributed by atoms with Crippen LogP contribution in [0.25, 0.3) is 63.6 Å². The lowest BCUT2D eigenvalue weighted by Gasteiger charge is -2.34. The van der Waals surface area contributed by atoms with Crippen molar-refractivity contribution in [2.24, 2.45) is 0 Å². The molecule has 3 nitrogen and oxygen atoms in total. The van der Waals surface area contributed by atoms with E-state index >= 15 is 0 Å². The highest BCUT2D eigenvalue weighted by Gasteiger charge is 2.37. The zero-order chi connectivity index (χ0) is 56.7. The summed E-state index contributed by atoms with van der Waals surface area (Å²) in [7, 11) is 0. The van der Waals surface area contributed by atoms with Crippen molar-refractivity contribution in [1.82, 2.24) is 0 Å². The summed E-state index contributed by atoms with van der Waals surface area (Å²) < 4.78 is 5.07. The van der Waals surface area contributed by atoms with Gasteiger partial charge in [0.1, 0.15) is 0 Å². The smallest absolute Gasteiger partial charge is 0.0906 e. The van der Waals surface area contributed by atoms with Gasteiger partial charge in [0.05, 0.1) is 42.7 Å². The quantitative estimate of drug-likeness (QED) is 0.120. The van der Waals surface area contributed by atoms with Gasteiger partial charge in [-0.25, -0.2) is 0 Å². The molecule has 1 aliphatic rings. The van der Waals surface area contributed by atoms with Crippen LogP contribution >= 0.6 is 45.3 Å². The van der Waals surface area contributed by atoms with Crippen molar-refractivity contribution in [1.29, 1.82) is 0 Å². The molecule has 0 spiro atoms. The number of hydrogen-bond acceptors (Lipinski definition) is 5. The molecule has 0 radical (unpaired) electrons. The highest BCUT2D eigenvalue weighted by molar-refractivity contribution is 14.1. The standard InChI is InChI=1S/C77H62IN3S2/c1-49-40-43-55(79(66-33-19-15-28-56(66)51-24-10-8-11-25-51)67-34-20-16-29-57(67)52-26-12-9-13-27-52)46-69(49)81(68-37-23-39-71-73(68)59-31-17-21-38-70(59)82-71)65-36-22-35-64(50(65)2)80(54-44-41-53(42-45-54)76(3,4)5)74-61-47-60-58-30-14-18-32-62(58)77(6,7)63(60)48-72(61)83-75(74)78/h8-48H,1-7H3.